The molecule has 0 amide bonds. The summed E-state index contributed by atoms with van der Waals surface area (Å²) < 4.78 is 6.50. The van der Waals surface area contributed by atoms with Gasteiger partial charge in [-0.05, 0) is 40.3 Å². The van der Waals surface area contributed by atoms with Crippen LogP contribution in [-0.2, 0) is 10.2 Å². The Labute approximate surface area is 91.6 Å². The van der Waals surface area contributed by atoms with E-state index in [1.165, 1.54) is 9.13 Å². The van der Waals surface area contributed by atoms with E-state index in [-0.39, 0.29) is 5.41 Å². The zero-order chi connectivity index (χ0) is 9.31. The molecule has 0 aromatic heterocycles. The first-order valence-electron chi connectivity index (χ1n) is 4.31. The highest BCUT2D eigenvalue weighted by molar-refractivity contribution is 14.1. The Morgan fingerprint density at radius 2 is 2.23 bits per heavy atom. The zero-order valence-corrected chi connectivity index (χ0v) is 9.45. The molecule has 0 spiro atoms. The average molecular weight is 289 g/mol. The van der Waals surface area contributed by atoms with Gasteiger partial charge in [-0.15, -0.1) is 0 Å². The van der Waals surface area contributed by atoms with Gasteiger partial charge in [0.25, 0.3) is 0 Å². The maximum atomic E-state index is 5.77. The van der Waals surface area contributed by atoms with Gasteiger partial charge in [0, 0.05) is 10.1 Å². The molecule has 1 saturated heterocycles. The summed E-state index contributed by atoms with van der Waals surface area (Å²) >= 11 is 2.32. The molecule has 0 radical (unpaired) electrons. The second-order valence-electron chi connectivity index (χ2n) is 3.49. The Morgan fingerprint density at radius 3 is 2.69 bits per heavy atom. The van der Waals surface area contributed by atoms with Crippen molar-refractivity contribution in [2.75, 3.05) is 19.8 Å². The van der Waals surface area contributed by atoms with Crippen LogP contribution in [0.2, 0.25) is 0 Å². The van der Waals surface area contributed by atoms with Gasteiger partial charge in [-0.25, -0.2) is 0 Å². The molecule has 3 heteroatoms. The molecule has 1 heterocycles. The van der Waals surface area contributed by atoms with Gasteiger partial charge in [-0.3, -0.25) is 0 Å². The highest BCUT2D eigenvalue weighted by atomic mass is 127. The van der Waals surface area contributed by atoms with E-state index in [0.717, 1.165) is 13.2 Å². The fourth-order valence-electron chi connectivity index (χ4n) is 1.57. The number of rotatable bonds is 2. The molecular formula is C10H12INO. The van der Waals surface area contributed by atoms with Gasteiger partial charge in [0.15, 0.2) is 0 Å². The molecule has 0 bridgehead atoms. The van der Waals surface area contributed by atoms with E-state index in [9.17, 15) is 0 Å². The molecular weight excluding hydrogens is 277 g/mol. The van der Waals surface area contributed by atoms with Gasteiger partial charge in [0.05, 0.1) is 18.6 Å². The second kappa shape index (κ2) is 3.55. The maximum Gasteiger partial charge on any atom is 0.0597 e. The number of ether oxygens (including phenoxy) is 1. The monoisotopic (exact) mass is 289 g/mol. The maximum absolute atomic E-state index is 5.77. The Bertz CT molecular complexity index is 304. The first-order chi connectivity index (χ1) is 6.27. The van der Waals surface area contributed by atoms with E-state index < -0.39 is 0 Å². The standard InChI is InChI=1S/C10H12INO/c11-9-3-1-2-8(4-9)10(5-12)6-13-7-10/h1-4H,5-7,12H2. The lowest BCUT2D eigenvalue weighted by Crippen LogP contribution is -2.52. The molecule has 0 unspecified atom stereocenters. The Hall–Kier alpha value is -0.130. The van der Waals surface area contributed by atoms with Crippen molar-refractivity contribution in [3.8, 4) is 0 Å². The third-order valence-electron chi connectivity index (χ3n) is 2.58. The van der Waals surface area contributed by atoms with E-state index >= 15 is 0 Å². The highest BCUT2D eigenvalue weighted by Gasteiger charge is 2.38. The molecule has 0 aliphatic carbocycles. The van der Waals surface area contributed by atoms with Crippen LogP contribution in [0.3, 0.4) is 0 Å². The first-order valence-corrected chi connectivity index (χ1v) is 5.39. The normalized spacial score (nSPS) is 19.5. The minimum atomic E-state index is 0.0984. The van der Waals surface area contributed by atoms with Crippen molar-refractivity contribution >= 4 is 22.6 Å². The lowest BCUT2D eigenvalue weighted by molar-refractivity contribution is -0.0550. The Kier molecular flexibility index (Phi) is 2.58. The molecule has 1 fully saturated rings. The topological polar surface area (TPSA) is 35.2 Å². The predicted octanol–water partition coefficient (Wildman–Crippen LogP) is 1.52. The van der Waals surface area contributed by atoms with E-state index in [1.807, 2.05) is 0 Å². The van der Waals surface area contributed by atoms with E-state index in [1.54, 1.807) is 0 Å². The van der Waals surface area contributed by atoms with E-state index in [0.29, 0.717) is 6.54 Å². The minimum absolute atomic E-state index is 0.0984. The van der Waals surface area contributed by atoms with Crippen LogP contribution in [0.5, 0.6) is 0 Å². The summed E-state index contributed by atoms with van der Waals surface area (Å²) in [5, 5.41) is 0. The van der Waals surface area contributed by atoms with Gasteiger partial charge in [0.1, 0.15) is 0 Å². The van der Waals surface area contributed by atoms with Gasteiger partial charge in [-0.1, -0.05) is 12.1 Å². The number of halogens is 1. The van der Waals surface area contributed by atoms with Crippen molar-refractivity contribution < 1.29 is 4.74 Å². The van der Waals surface area contributed by atoms with Crippen LogP contribution in [0.4, 0.5) is 0 Å². The van der Waals surface area contributed by atoms with Gasteiger partial charge in [-0.2, -0.15) is 0 Å². The van der Waals surface area contributed by atoms with Crippen molar-refractivity contribution in [3.63, 3.8) is 0 Å². The lowest BCUT2D eigenvalue weighted by atomic mass is 9.79. The molecule has 13 heavy (non-hydrogen) atoms. The van der Waals surface area contributed by atoms with Crippen molar-refractivity contribution in [1.29, 1.82) is 0 Å². The van der Waals surface area contributed by atoms with Crippen LogP contribution in [0, 0.1) is 3.57 Å². The third-order valence-corrected chi connectivity index (χ3v) is 3.26. The predicted molar refractivity (Wildman–Crippen MR) is 60.7 cm³/mol. The second-order valence-corrected chi connectivity index (χ2v) is 4.73. The van der Waals surface area contributed by atoms with Crippen LogP contribution in [0.25, 0.3) is 0 Å². The Morgan fingerprint density at radius 1 is 1.46 bits per heavy atom. The van der Waals surface area contributed by atoms with E-state index in [2.05, 4.69) is 46.9 Å². The van der Waals surface area contributed by atoms with Gasteiger partial charge >= 0.3 is 0 Å². The van der Waals surface area contributed by atoms with Crippen molar-refractivity contribution in [2.24, 2.45) is 5.73 Å². The lowest BCUT2D eigenvalue weighted by Gasteiger charge is -2.41. The Balaban J connectivity index is 2.33. The summed E-state index contributed by atoms with van der Waals surface area (Å²) in [5.74, 6) is 0. The zero-order valence-electron chi connectivity index (χ0n) is 7.29. The molecule has 2 nitrogen and oxygen atoms in total. The molecule has 1 aromatic rings. The molecule has 0 saturated carbocycles. The summed E-state index contributed by atoms with van der Waals surface area (Å²) in [6.07, 6.45) is 0. The molecule has 2 rings (SSSR count). The first kappa shape index (κ1) is 9.43. The molecule has 0 atom stereocenters. The number of hydrogen-bond acceptors (Lipinski definition) is 2. The number of nitrogens with two attached hydrogens (primary N) is 1. The fraction of sp³-hybridized carbons (Fsp3) is 0.400. The smallest absolute Gasteiger partial charge is 0.0597 e. The summed E-state index contributed by atoms with van der Waals surface area (Å²) in [6.45, 7) is 2.21. The average Bonchev–Trinajstić information content (AvgIpc) is 2.03. The summed E-state index contributed by atoms with van der Waals surface area (Å²) in [7, 11) is 0. The molecule has 70 valence electrons. The quantitative estimate of drug-likeness (QED) is 0.838. The van der Waals surface area contributed by atoms with Gasteiger partial charge < -0.3 is 10.5 Å². The number of benzene rings is 1. The minimum Gasteiger partial charge on any atom is -0.379 e. The molecule has 2 N–H and O–H groups in total. The summed E-state index contributed by atoms with van der Waals surface area (Å²) in [6, 6.07) is 8.49. The van der Waals surface area contributed by atoms with Gasteiger partial charge in [0.2, 0.25) is 0 Å². The summed E-state index contributed by atoms with van der Waals surface area (Å²) in [4.78, 5) is 0. The van der Waals surface area contributed by atoms with Crippen LogP contribution in [0.15, 0.2) is 24.3 Å². The van der Waals surface area contributed by atoms with Crippen LogP contribution in [0.1, 0.15) is 5.56 Å². The SMILES string of the molecule is NCC1(c2cccc(I)c2)COC1. The van der Waals surface area contributed by atoms with Crippen LogP contribution < -0.4 is 5.73 Å². The van der Waals surface area contributed by atoms with Crippen molar-refractivity contribution in [1.82, 2.24) is 0 Å². The van der Waals surface area contributed by atoms with Crippen LogP contribution >= 0.6 is 22.6 Å². The molecule has 1 aromatic carbocycles. The highest BCUT2D eigenvalue weighted by Crippen LogP contribution is 2.31. The van der Waals surface area contributed by atoms with Crippen molar-refractivity contribution in [3.05, 3.63) is 33.4 Å². The third kappa shape index (κ3) is 1.60. The summed E-state index contributed by atoms with van der Waals surface area (Å²) in [5.41, 5.74) is 7.18. The molecule has 1 aliphatic heterocycles. The number of hydrogen-bond donors (Lipinski definition) is 1. The van der Waals surface area contributed by atoms with E-state index in [4.69, 9.17) is 10.5 Å². The van der Waals surface area contributed by atoms with Crippen LogP contribution in [-0.4, -0.2) is 19.8 Å². The van der Waals surface area contributed by atoms with Crippen molar-refractivity contribution in [2.45, 2.75) is 5.41 Å². The largest absolute Gasteiger partial charge is 0.379 e. The fourth-order valence-corrected chi connectivity index (χ4v) is 2.11. The molecule has 1 aliphatic rings.